The molecule has 5 heteroatoms. The number of amides is 1. The van der Waals surface area contributed by atoms with E-state index in [2.05, 4.69) is 5.32 Å². The molecule has 0 spiro atoms. The molecule has 4 nitrogen and oxygen atoms in total. The van der Waals surface area contributed by atoms with Crippen molar-refractivity contribution in [1.29, 1.82) is 0 Å². The molecule has 1 amide bonds. The molecule has 0 aliphatic heterocycles. The molecule has 0 saturated heterocycles. The molecule has 0 heterocycles. The maximum absolute atomic E-state index is 12.4. The fourth-order valence-electron chi connectivity index (χ4n) is 2.68. The second kappa shape index (κ2) is 5.39. The zero-order valence-electron chi connectivity index (χ0n) is 11.2. The summed E-state index contributed by atoms with van der Waals surface area (Å²) >= 11 is 6.03. The number of rotatable bonds is 2. The van der Waals surface area contributed by atoms with Crippen LogP contribution in [0.5, 0.6) is 0 Å². The largest absolute Gasteiger partial charge is 0.399 e. The molecule has 0 saturated carbocycles. The number of hydrogen-bond donors (Lipinski definition) is 3. The van der Waals surface area contributed by atoms with Gasteiger partial charge in [0.05, 0.1) is 22.7 Å². The first-order valence-electron chi connectivity index (χ1n) is 6.68. The summed E-state index contributed by atoms with van der Waals surface area (Å²) in [7, 11) is 0. The molecule has 0 radical (unpaired) electrons. The van der Waals surface area contributed by atoms with Crippen LogP contribution in [0.4, 0.5) is 5.69 Å². The Kier molecular flexibility index (Phi) is 3.57. The van der Waals surface area contributed by atoms with Crippen molar-refractivity contribution in [2.45, 2.75) is 18.6 Å². The molecule has 3 rings (SSSR count). The van der Waals surface area contributed by atoms with Gasteiger partial charge in [-0.1, -0.05) is 35.9 Å². The predicted octanol–water partition coefficient (Wildman–Crippen LogP) is 2.31. The van der Waals surface area contributed by atoms with E-state index < -0.39 is 12.1 Å². The number of aliphatic hydroxyl groups excluding tert-OH is 1. The number of nitrogen functional groups attached to an aromatic ring is 1. The Morgan fingerprint density at radius 3 is 2.86 bits per heavy atom. The summed E-state index contributed by atoms with van der Waals surface area (Å²) in [6.45, 7) is 0. The van der Waals surface area contributed by atoms with Crippen molar-refractivity contribution in [1.82, 2.24) is 5.32 Å². The van der Waals surface area contributed by atoms with E-state index in [0.29, 0.717) is 22.7 Å². The number of nitrogens with two attached hydrogens (primary N) is 1. The molecule has 108 valence electrons. The molecule has 0 aromatic heterocycles. The molecule has 0 fully saturated rings. The monoisotopic (exact) mass is 302 g/mol. The number of carbonyl (C=O) groups is 1. The lowest BCUT2D eigenvalue weighted by Gasteiger charge is -2.18. The van der Waals surface area contributed by atoms with Crippen LogP contribution in [0.15, 0.2) is 42.5 Å². The van der Waals surface area contributed by atoms with E-state index in [1.165, 1.54) is 6.07 Å². The summed E-state index contributed by atoms with van der Waals surface area (Å²) in [6, 6.07) is 12.0. The van der Waals surface area contributed by atoms with Crippen LogP contribution >= 0.6 is 11.6 Å². The molecule has 4 N–H and O–H groups in total. The molecule has 2 atom stereocenters. The van der Waals surface area contributed by atoms with Crippen LogP contribution in [0, 0.1) is 0 Å². The van der Waals surface area contributed by atoms with Crippen LogP contribution in [-0.4, -0.2) is 17.1 Å². The highest BCUT2D eigenvalue weighted by atomic mass is 35.5. The quantitative estimate of drug-likeness (QED) is 0.745. The van der Waals surface area contributed by atoms with Gasteiger partial charge in [-0.3, -0.25) is 4.79 Å². The van der Waals surface area contributed by atoms with E-state index in [4.69, 9.17) is 17.3 Å². The van der Waals surface area contributed by atoms with Gasteiger partial charge in [-0.25, -0.2) is 0 Å². The number of carbonyl (C=O) groups excluding carboxylic acids is 1. The van der Waals surface area contributed by atoms with E-state index in [1.54, 1.807) is 12.1 Å². The summed E-state index contributed by atoms with van der Waals surface area (Å²) in [6.07, 6.45) is -0.0996. The second-order valence-electron chi connectivity index (χ2n) is 5.16. The first-order valence-corrected chi connectivity index (χ1v) is 7.06. The summed E-state index contributed by atoms with van der Waals surface area (Å²) in [4.78, 5) is 12.4. The van der Waals surface area contributed by atoms with Gasteiger partial charge in [-0.2, -0.15) is 0 Å². The van der Waals surface area contributed by atoms with Crippen molar-refractivity contribution < 1.29 is 9.90 Å². The Morgan fingerprint density at radius 2 is 2.05 bits per heavy atom. The normalized spacial score (nSPS) is 20.1. The van der Waals surface area contributed by atoms with Crippen LogP contribution in [-0.2, 0) is 6.42 Å². The van der Waals surface area contributed by atoms with Gasteiger partial charge >= 0.3 is 0 Å². The summed E-state index contributed by atoms with van der Waals surface area (Å²) < 4.78 is 0. The molecule has 1 aliphatic rings. The number of benzene rings is 2. The zero-order chi connectivity index (χ0) is 15.0. The summed E-state index contributed by atoms with van der Waals surface area (Å²) in [5.74, 6) is -0.340. The van der Waals surface area contributed by atoms with Gasteiger partial charge in [0.1, 0.15) is 0 Å². The molecular formula is C16H15ClN2O2. The van der Waals surface area contributed by atoms with Crippen molar-refractivity contribution in [2.75, 3.05) is 5.73 Å². The van der Waals surface area contributed by atoms with Crippen molar-refractivity contribution in [3.8, 4) is 0 Å². The molecule has 2 aromatic rings. The average Bonchev–Trinajstić information content (AvgIpc) is 2.78. The third-order valence-corrected chi connectivity index (χ3v) is 4.06. The second-order valence-corrected chi connectivity index (χ2v) is 5.57. The van der Waals surface area contributed by atoms with Crippen LogP contribution < -0.4 is 11.1 Å². The predicted molar refractivity (Wildman–Crippen MR) is 82.2 cm³/mol. The lowest BCUT2D eigenvalue weighted by atomic mass is 10.1. The minimum Gasteiger partial charge on any atom is -0.399 e. The SMILES string of the molecule is Nc1ccc(Cl)c(C(=O)N[C@H]2c3ccccc3C[C@H]2O)c1. The van der Waals surface area contributed by atoms with E-state index in [-0.39, 0.29) is 5.91 Å². The van der Waals surface area contributed by atoms with Crippen LogP contribution in [0.3, 0.4) is 0 Å². The summed E-state index contributed by atoms with van der Waals surface area (Å²) in [5, 5.41) is 13.3. The maximum Gasteiger partial charge on any atom is 0.253 e. The number of aliphatic hydroxyl groups is 1. The number of nitrogens with one attached hydrogen (secondary N) is 1. The standard InChI is InChI=1S/C16H15ClN2O2/c17-13-6-5-10(18)8-12(13)16(21)19-15-11-4-2-1-3-9(11)7-14(15)20/h1-6,8,14-15,20H,7,18H2,(H,19,21)/t14-,15+/m1/s1. The van der Waals surface area contributed by atoms with Crippen molar-refractivity contribution >= 4 is 23.2 Å². The summed E-state index contributed by atoms with van der Waals surface area (Å²) in [5.41, 5.74) is 8.46. The fraction of sp³-hybridized carbons (Fsp3) is 0.188. The van der Waals surface area contributed by atoms with E-state index in [1.807, 2.05) is 24.3 Å². The van der Waals surface area contributed by atoms with Gasteiger partial charge in [0, 0.05) is 12.1 Å². The van der Waals surface area contributed by atoms with Gasteiger partial charge < -0.3 is 16.2 Å². The highest BCUT2D eigenvalue weighted by Crippen LogP contribution is 2.32. The number of anilines is 1. The van der Waals surface area contributed by atoms with Gasteiger partial charge in [0.25, 0.3) is 5.91 Å². The molecular weight excluding hydrogens is 288 g/mol. The maximum atomic E-state index is 12.4. The topological polar surface area (TPSA) is 75.4 Å². The van der Waals surface area contributed by atoms with E-state index in [9.17, 15) is 9.90 Å². The molecule has 21 heavy (non-hydrogen) atoms. The molecule has 1 aliphatic carbocycles. The third-order valence-electron chi connectivity index (χ3n) is 3.73. The first kappa shape index (κ1) is 13.9. The minimum absolute atomic E-state index is 0.313. The minimum atomic E-state index is -0.633. The number of halogens is 1. The highest BCUT2D eigenvalue weighted by Gasteiger charge is 2.32. The zero-order valence-corrected chi connectivity index (χ0v) is 12.0. The number of hydrogen-bond acceptors (Lipinski definition) is 3. The van der Waals surface area contributed by atoms with E-state index in [0.717, 1.165) is 11.1 Å². The van der Waals surface area contributed by atoms with Crippen molar-refractivity contribution in [2.24, 2.45) is 0 Å². The third kappa shape index (κ3) is 2.60. The molecule has 2 aromatic carbocycles. The average molecular weight is 303 g/mol. The smallest absolute Gasteiger partial charge is 0.253 e. The first-order chi connectivity index (χ1) is 10.1. The Bertz CT molecular complexity index is 702. The molecule has 0 bridgehead atoms. The van der Waals surface area contributed by atoms with Crippen molar-refractivity contribution in [3.63, 3.8) is 0 Å². The van der Waals surface area contributed by atoms with E-state index >= 15 is 0 Å². The van der Waals surface area contributed by atoms with Crippen LogP contribution in [0.1, 0.15) is 27.5 Å². The van der Waals surface area contributed by atoms with Crippen molar-refractivity contribution in [3.05, 3.63) is 64.2 Å². The Labute approximate surface area is 127 Å². The highest BCUT2D eigenvalue weighted by molar-refractivity contribution is 6.34. The van der Waals surface area contributed by atoms with Gasteiger partial charge in [0.2, 0.25) is 0 Å². The van der Waals surface area contributed by atoms with Gasteiger partial charge in [0.15, 0.2) is 0 Å². The number of fused-ring (bicyclic) bond motifs is 1. The fourth-order valence-corrected chi connectivity index (χ4v) is 2.89. The lowest BCUT2D eigenvalue weighted by molar-refractivity contribution is 0.0858. The Hall–Kier alpha value is -2.04. The van der Waals surface area contributed by atoms with Gasteiger partial charge in [-0.05, 0) is 29.3 Å². The van der Waals surface area contributed by atoms with Crippen LogP contribution in [0.2, 0.25) is 5.02 Å². The Balaban J connectivity index is 1.87. The molecule has 0 unspecified atom stereocenters. The van der Waals surface area contributed by atoms with Crippen LogP contribution in [0.25, 0.3) is 0 Å². The lowest BCUT2D eigenvalue weighted by Crippen LogP contribution is -2.34. The van der Waals surface area contributed by atoms with Gasteiger partial charge in [-0.15, -0.1) is 0 Å². The Morgan fingerprint density at radius 1 is 1.29 bits per heavy atom.